The van der Waals surface area contributed by atoms with Gasteiger partial charge in [0.15, 0.2) is 0 Å². The van der Waals surface area contributed by atoms with Crippen LogP contribution >= 0.6 is 0 Å². The van der Waals surface area contributed by atoms with E-state index in [1.54, 1.807) is 0 Å². The first-order chi connectivity index (χ1) is 12.1. The second-order valence-corrected chi connectivity index (χ2v) is 7.87. The number of carbonyl (C=O) groups is 1. The Morgan fingerprint density at radius 1 is 1.32 bits per heavy atom. The summed E-state index contributed by atoms with van der Waals surface area (Å²) < 4.78 is 5.61. The first-order valence-electron chi connectivity index (χ1n) is 9.17. The molecule has 1 aromatic carbocycles. The van der Waals surface area contributed by atoms with Gasteiger partial charge in [-0.1, -0.05) is 18.2 Å². The molecule has 0 saturated carbocycles. The minimum absolute atomic E-state index is 0.157. The molecule has 1 aromatic heterocycles. The van der Waals surface area contributed by atoms with E-state index in [0.717, 1.165) is 62.2 Å². The van der Waals surface area contributed by atoms with Gasteiger partial charge in [-0.25, -0.2) is 0 Å². The molecule has 2 aromatic rings. The van der Waals surface area contributed by atoms with Crippen LogP contribution in [0.2, 0.25) is 0 Å². The molecular weight excluding hydrogens is 314 g/mol. The van der Waals surface area contributed by atoms with Gasteiger partial charge in [-0.15, -0.1) is 0 Å². The number of amides is 1. The van der Waals surface area contributed by atoms with E-state index in [-0.39, 0.29) is 11.3 Å². The lowest BCUT2D eigenvalue weighted by atomic mass is 9.72. The molecule has 4 rings (SSSR count). The fourth-order valence-corrected chi connectivity index (χ4v) is 4.64. The van der Waals surface area contributed by atoms with Gasteiger partial charge < -0.3 is 19.5 Å². The highest BCUT2D eigenvalue weighted by Crippen LogP contribution is 2.45. The lowest BCUT2D eigenvalue weighted by Gasteiger charge is -2.38. The molecule has 2 aliphatic heterocycles. The first-order valence-corrected chi connectivity index (χ1v) is 9.17. The van der Waals surface area contributed by atoms with Crippen LogP contribution in [0.3, 0.4) is 0 Å². The van der Waals surface area contributed by atoms with Crippen molar-refractivity contribution in [3.8, 4) is 0 Å². The Balaban J connectivity index is 1.61. The van der Waals surface area contributed by atoms with Crippen molar-refractivity contribution in [2.45, 2.75) is 12.8 Å². The molecule has 2 fully saturated rings. The Bertz CT molecular complexity index is 761. The number of nitrogens with one attached hydrogen (secondary N) is 1. The van der Waals surface area contributed by atoms with Gasteiger partial charge in [0.25, 0.3) is 5.91 Å². The standard InChI is InChI=1S/C20H27N3O2/c1-22(2)12-15-13-23(14-20(15)7-9-25-10-8-20)19(24)17-11-21-18-6-4-3-5-16(17)18/h3-6,11,15,21H,7-10,12-14H2,1-2H3. The average molecular weight is 341 g/mol. The SMILES string of the molecule is CN(C)CC1CN(C(=O)c2c[nH]c3ccccc23)CC12CCOCC2. The fourth-order valence-electron chi connectivity index (χ4n) is 4.64. The minimum Gasteiger partial charge on any atom is -0.381 e. The third-order valence-corrected chi connectivity index (χ3v) is 5.99. The summed E-state index contributed by atoms with van der Waals surface area (Å²) in [5.41, 5.74) is 2.03. The van der Waals surface area contributed by atoms with E-state index >= 15 is 0 Å². The van der Waals surface area contributed by atoms with Crippen LogP contribution in [0.5, 0.6) is 0 Å². The van der Waals surface area contributed by atoms with E-state index < -0.39 is 0 Å². The molecule has 25 heavy (non-hydrogen) atoms. The van der Waals surface area contributed by atoms with Gasteiger partial charge in [-0.05, 0) is 44.3 Å². The van der Waals surface area contributed by atoms with Crippen LogP contribution in [0.25, 0.3) is 10.9 Å². The fraction of sp³-hybridized carbons (Fsp3) is 0.550. The van der Waals surface area contributed by atoms with Gasteiger partial charge >= 0.3 is 0 Å². The number of fused-ring (bicyclic) bond motifs is 1. The summed E-state index contributed by atoms with van der Waals surface area (Å²) in [6, 6.07) is 8.03. The van der Waals surface area contributed by atoms with Gasteiger partial charge in [0, 0.05) is 49.9 Å². The average Bonchev–Trinajstić information content (AvgIpc) is 3.17. The van der Waals surface area contributed by atoms with Gasteiger partial charge in [0.2, 0.25) is 0 Å². The number of hydrogen-bond donors (Lipinski definition) is 1. The van der Waals surface area contributed by atoms with Crippen molar-refractivity contribution in [3.05, 3.63) is 36.0 Å². The molecule has 1 N–H and O–H groups in total. The smallest absolute Gasteiger partial charge is 0.256 e. The number of aromatic nitrogens is 1. The number of aromatic amines is 1. The van der Waals surface area contributed by atoms with E-state index in [1.165, 1.54) is 0 Å². The van der Waals surface area contributed by atoms with E-state index in [0.29, 0.717) is 5.92 Å². The normalized spacial score (nSPS) is 23.0. The lowest BCUT2D eigenvalue weighted by Crippen LogP contribution is -2.40. The molecule has 134 valence electrons. The Hall–Kier alpha value is -1.85. The van der Waals surface area contributed by atoms with E-state index in [4.69, 9.17) is 4.74 Å². The summed E-state index contributed by atoms with van der Waals surface area (Å²) >= 11 is 0. The molecule has 5 nitrogen and oxygen atoms in total. The van der Waals surface area contributed by atoms with Gasteiger partial charge in [-0.2, -0.15) is 0 Å². The summed E-state index contributed by atoms with van der Waals surface area (Å²) in [6.07, 6.45) is 3.98. The molecule has 2 saturated heterocycles. The molecule has 3 heterocycles. The Kier molecular flexibility index (Phi) is 4.29. The topological polar surface area (TPSA) is 48.6 Å². The maximum absolute atomic E-state index is 13.2. The van der Waals surface area contributed by atoms with Crippen molar-refractivity contribution in [2.24, 2.45) is 11.3 Å². The van der Waals surface area contributed by atoms with Crippen molar-refractivity contribution >= 4 is 16.8 Å². The predicted molar refractivity (Wildman–Crippen MR) is 98.7 cm³/mol. The van der Waals surface area contributed by atoms with Crippen molar-refractivity contribution in [3.63, 3.8) is 0 Å². The van der Waals surface area contributed by atoms with Crippen molar-refractivity contribution in [1.29, 1.82) is 0 Å². The summed E-state index contributed by atoms with van der Waals surface area (Å²) in [6.45, 7) is 4.36. The third kappa shape index (κ3) is 2.96. The predicted octanol–water partition coefficient (Wildman–Crippen LogP) is 2.60. The maximum Gasteiger partial charge on any atom is 0.256 e. The number of rotatable bonds is 3. The molecule has 1 atom stereocenters. The van der Waals surface area contributed by atoms with Crippen molar-refractivity contribution in [2.75, 3.05) is 46.9 Å². The lowest BCUT2D eigenvalue weighted by molar-refractivity contribution is -0.00451. The largest absolute Gasteiger partial charge is 0.381 e. The van der Waals surface area contributed by atoms with Gasteiger partial charge in [-0.3, -0.25) is 4.79 Å². The summed E-state index contributed by atoms with van der Waals surface area (Å²) in [7, 11) is 4.24. The molecule has 5 heteroatoms. The minimum atomic E-state index is 0.157. The quantitative estimate of drug-likeness (QED) is 0.933. The van der Waals surface area contributed by atoms with Crippen LogP contribution in [0.1, 0.15) is 23.2 Å². The summed E-state index contributed by atoms with van der Waals surface area (Å²) in [5.74, 6) is 0.671. The number of hydrogen-bond acceptors (Lipinski definition) is 3. The number of H-pyrrole nitrogens is 1. The van der Waals surface area contributed by atoms with Crippen LogP contribution in [0.4, 0.5) is 0 Å². The molecule has 1 spiro atoms. The van der Waals surface area contributed by atoms with Crippen molar-refractivity contribution < 1.29 is 9.53 Å². The molecule has 0 radical (unpaired) electrons. The number of para-hydroxylation sites is 1. The molecule has 1 unspecified atom stereocenters. The third-order valence-electron chi connectivity index (χ3n) is 5.99. The van der Waals surface area contributed by atoms with Crippen molar-refractivity contribution in [1.82, 2.24) is 14.8 Å². The Labute approximate surface area is 148 Å². The highest BCUT2D eigenvalue weighted by Gasteiger charge is 2.48. The van der Waals surface area contributed by atoms with E-state index in [9.17, 15) is 4.79 Å². The second kappa shape index (κ2) is 6.46. The van der Waals surface area contributed by atoms with E-state index in [2.05, 4.69) is 28.9 Å². The number of likely N-dealkylation sites (tertiary alicyclic amines) is 1. The second-order valence-electron chi connectivity index (χ2n) is 7.87. The van der Waals surface area contributed by atoms with Crippen LogP contribution in [-0.4, -0.2) is 67.6 Å². The summed E-state index contributed by atoms with van der Waals surface area (Å²) in [5, 5.41) is 1.02. The van der Waals surface area contributed by atoms with Gasteiger partial charge in [0.05, 0.1) is 5.56 Å². The van der Waals surface area contributed by atoms with Crippen LogP contribution in [0.15, 0.2) is 30.5 Å². The first kappa shape index (κ1) is 16.6. The number of benzene rings is 1. The number of carbonyl (C=O) groups excluding carboxylic acids is 1. The van der Waals surface area contributed by atoms with Gasteiger partial charge in [0.1, 0.15) is 0 Å². The zero-order valence-corrected chi connectivity index (χ0v) is 15.1. The molecule has 2 aliphatic rings. The molecule has 0 bridgehead atoms. The Morgan fingerprint density at radius 3 is 2.84 bits per heavy atom. The summed E-state index contributed by atoms with van der Waals surface area (Å²) in [4.78, 5) is 20.8. The molecule has 0 aliphatic carbocycles. The van der Waals surface area contributed by atoms with Crippen LogP contribution in [0, 0.1) is 11.3 Å². The van der Waals surface area contributed by atoms with Crippen LogP contribution in [-0.2, 0) is 4.74 Å². The monoisotopic (exact) mass is 341 g/mol. The highest BCUT2D eigenvalue weighted by atomic mass is 16.5. The van der Waals surface area contributed by atoms with Crippen LogP contribution < -0.4 is 0 Å². The highest BCUT2D eigenvalue weighted by molar-refractivity contribution is 6.06. The molecular formula is C20H27N3O2. The zero-order chi connectivity index (χ0) is 17.4. The maximum atomic E-state index is 13.2. The molecule has 1 amide bonds. The zero-order valence-electron chi connectivity index (χ0n) is 15.1. The van der Waals surface area contributed by atoms with E-state index in [1.807, 2.05) is 30.5 Å². The number of nitrogens with zero attached hydrogens (tertiary/aromatic N) is 2. The Morgan fingerprint density at radius 2 is 2.08 bits per heavy atom. The number of ether oxygens (including phenoxy) is 1.